The Hall–Kier alpha value is -7.60. The molecule has 3 aliphatic carbocycles. The zero-order valence-electron chi connectivity index (χ0n) is 39.0. The first kappa shape index (κ1) is 41.1. The van der Waals surface area contributed by atoms with E-state index >= 15 is 0 Å². The normalized spacial score (nSPS) is 17.4. The number of hydrogen-bond donors (Lipinski definition) is 0. The molecule has 0 saturated heterocycles. The number of nitrogens with zero attached hydrogens (tertiary/aromatic N) is 1. The lowest BCUT2D eigenvalue weighted by molar-refractivity contribution is 0.442. The van der Waals surface area contributed by atoms with Gasteiger partial charge in [0.15, 0.2) is 0 Å². The molecule has 2 atom stereocenters. The van der Waals surface area contributed by atoms with Gasteiger partial charge in [0.2, 0.25) is 0 Å². The van der Waals surface area contributed by atoms with Crippen molar-refractivity contribution >= 4 is 72.1 Å². The third kappa shape index (κ3) is 5.47. The zero-order chi connectivity index (χ0) is 47.1. The maximum Gasteiger partial charge on any atom is 0.0736 e. The summed E-state index contributed by atoms with van der Waals surface area (Å²) >= 11 is 5.69. The van der Waals surface area contributed by atoms with Gasteiger partial charge in [-0.1, -0.05) is 206 Å². The summed E-state index contributed by atoms with van der Waals surface area (Å²) in [6.45, 7) is 0. The summed E-state index contributed by atoms with van der Waals surface area (Å²) in [5.74, 6) is 0.463. The highest BCUT2D eigenvalue weighted by Gasteiger charge is 2.56. The van der Waals surface area contributed by atoms with Gasteiger partial charge < -0.3 is 4.90 Å². The molecule has 0 bridgehead atoms. The Kier molecular flexibility index (Phi) is 8.81. The van der Waals surface area contributed by atoms with Crippen molar-refractivity contribution in [2.45, 2.75) is 36.3 Å². The van der Waals surface area contributed by atoms with Gasteiger partial charge in [-0.2, -0.15) is 0 Å². The van der Waals surface area contributed by atoms with Crippen LogP contribution in [-0.4, -0.2) is 0 Å². The average molecular weight is 970 g/mol. The first-order valence-corrected chi connectivity index (χ1v) is 27.4. The Morgan fingerprint density at radius 1 is 0.389 bits per heavy atom. The van der Waals surface area contributed by atoms with Crippen molar-refractivity contribution in [3.63, 3.8) is 0 Å². The highest BCUT2D eigenvalue weighted by molar-refractivity contribution is 7.99. The molecule has 11 aromatic rings. The van der Waals surface area contributed by atoms with E-state index in [1.807, 2.05) is 34.9 Å². The van der Waals surface area contributed by atoms with Crippen molar-refractivity contribution in [2.75, 3.05) is 4.90 Å². The van der Waals surface area contributed by atoms with Gasteiger partial charge >= 0.3 is 0 Å². The highest BCUT2D eigenvalue weighted by atomic mass is 32.2. The molecular formula is C68H43NS3. The molecule has 0 saturated carbocycles. The van der Waals surface area contributed by atoms with E-state index in [4.69, 9.17) is 0 Å². The molecule has 1 aromatic heterocycles. The van der Waals surface area contributed by atoms with Crippen LogP contribution in [0.4, 0.5) is 17.1 Å². The number of thiophene rings is 1. The molecule has 5 aliphatic rings. The van der Waals surface area contributed by atoms with Crippen LogP contribution in [0, 0.1) is 5.92 Å². The van der Waals surface area contributed by atoms with Crippen molar-refractivity contribution in [3.05, 3.63) is 293 Å². The van der Waals surface area contributed by atoms with Gasteiger partial charge in [0, 0.05) is 68.5 Å². The Balaban J connectivity index is 0.955. The molecule has 16 rings (SSSR count). The number of benzene rings is 10. The topological polar surface area (TPSA) is 3.24 Å². The van der Waals surface area contributed by atoms with E-state index in [0.29, 0.717) is 0 Å². The van der Waals surface area contributed by atoms with E-state index in [9.17, 15) is 0 Å². The first-order valence-electron chi connectivity index (χ1n) is 25.0. The minimum atomic E-state index is -0.495. The molecule has 1 nitrogen and oxygen atoms in total. The summed E-state index contributed by atoms with van der Waals surface area (Å²) in [4.78, 5) is 7.88. The van der Waals surface area contributed by atoms with E-state index < -0.39 is 5.41 Å². The van der Waals surface area contributed by atoms with Crippen LogP contribution in [0.1, 0.15) is 50.4 Å². The second-order valence-electron chi connectivity index (χ2n) is 19.8. The van der Waals surface area contributed by atoms with Gasteiger partial charge in [0.1, 0.15) is 0 Å². The predicted molar refractivity (Wildman–Crippen MR) is 302 cm³/mol. The highest BCUT2D eigenvalue weighted by Crippen LogP contribution is 2.67. The lowest BCUT2D eigenvalue weighted by Gasteiger charge is -2.43. The SMILES string of the molecule is C1=CC2c3ccc(N(c4ccc(-c5ccc6c(c5)sc5ccccc56)cc4)c4cccc5c4-c4ccccc4C54c5ccccc5Sc5ccccc54)cc3C3(c4ccccc4Sc4ccccc43)C2C=C1. The Morgan fingerprint density at radius 2 is 0.958 bits per heavy atom. The summed E-state index contributed by atoms with van der Waals surface area (Å²) in [6.07, 6.45) is 9.51. The lowest BCUT2D eigenvalue weighted by atomic mass is 9.63. The molecule has 338 valence electrons. The Bertz CT molecular complexity index is 4060. The van der Waals surface area contributed by atoms with Crippen LogP contribution >= 0.6 is 34.9 Å². The molecule has 72 heavy (non-hydrogen) atoms. The monoisotopic (exact) mass is 969 g/mol. The first-order chi connectivity index (χ1) is 35.7. The van der Waals surface area contributed by atoms with E-state index in [0.717, 1.165) is 11.4 Å². The standard InChI is InChI=1S/C68H43NS3/c1-4-19-51-46(16-1)47-39-37-45(41-58(47)68(51)55-23-8-13-30-63(55)72-64-31-14-9-24-56(64)68)69(44-35-32-42(33-36-44)43-34-38-49-48-17-3-10-27-60(48)70-65(49)40-43)59-26-15-25-57-66(59)50-18-2-5-20-52(50)67(57)53-21-6-11-28-61(53)71-62-29-12-7-22-54(62)67/h1-41,46,51H. The van der Waals surface area contributed by atoms with Gasteiger partial charge in [0.05, 0.1) is 16.5 Å². The Labute approximate surface area is 431 Å². The van der Waals surface area contributed by atoms with Crippen molar-refractivity contribution in [2.24, 2.45) is 5.92 Å². The molecule has 0 N–H and O–H groups in total. The van der Waals surface area contributed by atoms with Gasteiger partial charge in [-0.15, -0.1) is 11.3 Å². The third-order valence-corrected chi connectivity index (χ3v) is 19.9. The summed E-state index contributed by atoms with van der Waals surface area (Å²) < 4.78 is 2.65. The largest absolute Gasteiger partial charge is 0.310 e. The summed E-state index contributed by atoms with van der Waals surface area (Å²) in [7, 11) is 0. The maximum atomic E-state index is 2.58. The molecule has 2 unspecified atom stereocenters. The number of allylic oxidation sites excluding steroid dienone is 4. The number of anilines is 3. The summed E-state index contributed by atoms with van der Waals surface area (Å²) in [5, 5.41) is 2.65. The van der Waals surface area contributed by atoms with Gasteiger partial charge in [-0.05, 0) is 128 Å². The fourth-order valence-electron chi connectivity index (χ4n) is 13.7. The zero-order valence-corrected chi connectivity index (χ0v) is 41.4. The molecule has 0 radical (unpaired) electrons. The predicted octanol–water partition coefficient (Wildman–Crippen LogP) is 18.7. The molecule has 2 aliphatic heterocycles. The Morgan fingerprint density at radius 3 is 1.69 bits per heavy atom. The van der Waals surface area contributed by atoms with Crippen LogP contribution in [0.5, 0.6) is 0 Å². The van der Waals surface area contributed by atoms with Crippen molar-refractivity contribution in [1.82, 2.24) is 0 Å². The number of rotatable bonds is 4. The van der Waals surface area contributed by atoms with Crippen LogP contribution in [0.25, 0.3) is 42.4 Å². The van der Waals surface area contributed by atoms with Crippen LogP contribution in [0.2, 0.25) is 0 Å². The minimum absolute atomic E-state index is 0.221. The second kappa shape index (κ2) is 15.5. The van der Waals surface area contributed by atoms with E-state index in [2.05, 4.69) is 254 Å². The quantitative estimate of drug-likeness (QED) is 0.173. The minimum Gasteiger partial charge on any atom is -0.310 e. The molecule has 0 amide bonds. The molecule has 2 spiro atoms. The average Bonchev–Trinajstić information content (AvgIpc) is 4.06. The maximum absolute atomic E-state index is 2.58. The lowest BCUT2D eigenvalue weighted by Crippen LogP contribution is -2.37. The fraction of sp³-hybridized carbons (Fsp3) is 0.0588. The molecular weight excluding hydrogens is 927 g/mol. The van der Waals surface area contributed by atoms with Crippen LogP contribution < -0.4 is 4.90 Å². The summed E-state index contributed by atoms with van der Waals surface area (Å²) in [5.41, 5.74) is 18.5. The second-order valence-corrected chi connectivity index (χ2v) is 23.0. The van der Waals surface area contributed by atoms with Gasteiger partial charge in [-0.3, -0.25) is 0 Å². The van der Waals surface area contributed by atoms with Crippen LogP contribution in [-0.2, 0) is 10.8 Å². The van der Waals surface area contributed by atoms with E-state index in [1.165, 1.54) is 112 Å². The van der Waals surface area contributed by atoms with E-state index in [-0.39, 0.29) is 17.3 Å². The number of fused-ring (bicyclic) bond motifs is 21. The fourth-order valence-corrected chi connectivity index (χ4v) is 17.2. The molecule has 0 fully saturated rings. The van der Waals surface area contributed by atoms with Crippen molar-refractivity contribution in [1.29, 1.82) is 0 Å². The smallest absolute Gasteiger partial charge is 0.0736 e. The molecule has 4 heteroatoms. The van der Waals surface area contributed by atoms with E-state index in [1.54, 1.807) is 0 Å². The van der Waals surface area contributed by atoms with Gasteiger partial charge in [-0.25, -0.2) is 0 Å². The van der Waals surface area contributed by atoms with Crippen LogP contribution in [0.15, 0.2) is 268 Å². The van der Waals surface area contributed by atoms with Gasteiger partial charge in [0.25, 0.3) is 0 Å². The van der Waals surface area contributed by atoms with Crippen molar-refractivity contribution < 1.29 is 0 Å². The molecule has 3 heterocycles. The third-order valence-electron chi connectivity index (χ3n) is 16.5. The molecule has 10 aromatic carbocycles. The number of hydrogen-bond acceptors (Lipinski definition) is 4. The summed E-state index contributed by atoms with van der Waals surface area (Å²) in [6, 6.07) is 85.7. The van der Waals surface area contributed by atoms with Crippen LogP contribution in [0.3, 0.4) is 0 Å². The van der Waals surface area contributed by atoms with Crippen molar-refractivity contribution in [3.8, 4) is 22.3 Å².